The maximum atomic E-state index is 10.6. The van der Waals surface area contributed by atoms with E-state index in [1.807, 2.05) is 0 Å². The fourth-order valence-electron chi connectivity index (χ4n) is 1.42. The van der Waals surface area contributed by atoms with Gasteiger partial charge < -0.3 is 15.4 Å². The molecule has 12 heavy (non-hydrogen) atoms. The minimum absolute atomic E-state index is 0.340. The van der Waals surface area contributed by atoms with Crippen molar-refractivity contribution in [1.29, 1.82) is 0 Å². The van der Waals surface area contributed by atoms with Crippen LogP contribution >= 0.6 is 0 Å². The number of alkyl carbamates (subject to hydrolysis) is 1. The van der Waals surface area contributed by atoms with Crippen molar-refractivity contribution in [2.75, 3.05) is 20.2 Å². The largest absolute Gasteiger partial charge is 0.453 e. The summed E-state index contributed by atoms with van der Waals surface area (Å²) in [6, 6.07) is 0.585. The number of nitrogens with one attached hydrogen (secondary N) is 2. The fourth-order valence-corrected chi connectivity index (χ4v) is 1.42. The number of methoxy groups -OCH3 is 1. The first-order chi connectivity index (χ1) is 5.83. The Balaban J connectivity index is 1.97. The average molecular weight is 172 g/mol. The van der Waals surface area contributed by atoms with Crippen LogP contribution in [-0.4, -0.2) is 32.3 Å². The molecule has 1 saturated heterocycles. The lowest BCUT2D eigenvalue weighted by Crippen LogP contribution is -2.30. The molecule has 2 N–H and O–H groups in total. The Bertz CT molecular complexity index is 144. The summed E-state index contributed by atoms with van der Waals surface area (Å²) in [6.07, 6.45) is 3.13. The highest BCUT2D eigenvalue weighted by molar-refractivity contribution is 5.66. The van der Waals surface area contributed by atoms with Gasteiger partial charge in [0.25, 0.3) is 0 Å². The van der Waals surface area contributed by atoms with Gasteiger partial charge in [-0.15, -0.1) is 0 Å². The monoisotopic (exact) mass is 172 g/mol. The molecule has 0 bridgehead atoms. The lowest BCUT2D eigenvalue weighted by Gasteiger charge is -2.09. The van der Waals surface area contributed by atoms with Crippen molar-refractivity contribution in [3.05, 3.63) is 0 Å². The number of hydrogen-bond acceptors (Lipinski definition) is 3. The first-order valence-electron chi connectivity index (χ1n) is 4.38. The van der Waals surface area contributed by atoms with Crippen LogP contribution in [-0.2, 0) is 4.74 Å². The molecule has 1 rings (SSSR count). The minimum atomic E-state index is -0.340. The van der Waals surface area contributed by atoms with Crippen LogP contribution in [0, 0.1) is 0 Å². The SMILES string of the molecule is COC(=O)NCC[C@@H]1CCCN1. The smallest absolute Gasteiger partial charge is 0.406 e. The summed E-state index contributed by atoms with van der Waals surface area (Å²) in [5, 5.41) is 6.01. The number of carbonyl (C=O) groups excluding carboxylic acids is 1. The Morgan fingerprint density at radius 3 is 3.17 bits per heavy atom. The quantitative estimate of drug-likeness (QED) is 0.651. The second kappa shape index (κ2) is 4.98. The average Bonchev–Trinajstić information content (AvgIpc) is 2.57. The van der Waals surface area contributed by atoms with Gasteiger partial charge in [-0.25, -0.2) is 4.79 Å². The second-order valence-electron chi connectivity index (χ2n) is 3.00. The summed E-state index contributed by atoms with van der Waals surface area (Å²) in [4.78, 5) is 10.6. The van der Waals surface area contributed by atoms with Gasteiger partial charge in [0.1, 0.15) is 0 Å². The zero-order valence-corrected chi connectivity index (χ0v) is 7.43. The molecule has 0 aromatic heterocycles. The Kier molecular flexibility index (Phi) is 3.87. The Morgan fingerprint density at radius 2 is 2.58 bits per heavy atom. The lowest BCUT2D eigenvalue weighted by molar-refractivity contribution is 0.170. The van der Waals surface area contributed by atoms with Crippen LogP contribution in [0.1, 0.15) is 19.3 Å². The first kappa shape index (κ1) is 9.32. The maximum Gasteiger partial charge on any atom is 0.406 e. The predicted octanol–water partition coefficient (Wildman–Crippen LogP) is 0.484. The number of amides is 1. The molecular formula is C8H16N2O2. The third-order valence-electron chi connectivity index (χ3n) is 2.11. The molecule has 0 unspecified atom stereocenters. The highest BCUT2D eigenvalue weighted by Crippen LogP contribution is 2.07. The first-order valence-corrected chi connectivity index (χ1v) is 4.38. The molecule has 1 atom stereocenters. The number of ether oxygens (including phenoxy) is 1. The van der Waals surface area contributed by atoms with E-state index < -0.39 is 0 Å². The second-order valence-corrected chi connectivity index (χ2v) is 3.00. The number of rotatable bonds is 3. The van der Waals surface area contributed by atoms with E-state index in [9.17, 15) is 4.79 Å². The van der Waals surface area contributed by atoms with Crippen LogP contribution < -0.4 is 10.6 Å². The summed E-state index contributed by atoms with van der Waals surface area (Å²) in [5.74, 6) is 0. The summed E-state index contributed by atoms with van der Waals surface area (Å²) >= 11 is 0. The van der Waals surface area contributed by atoms with E-state index in [1.165, 1.54) is 20.0 Å². The molecule has 0 aromatic carbocycles. The molecule has 70 valence electrons. The van der Waals surface area contributed by atoms with E-state index in [4.69, 9.17) is 0 Å². The lowest BCUT2D eigenvalue weighted by atomic mass is 10.2. The zero-order valence-electron chi connectivity index (χ0n) is 7.43. The van der Waals surface area contributed by atoms with Crippen molar-refractivity contribution < 1.29 is 9.53 Å². The number of hydrogen-bond donors (Lipinski definition) is 2. The summed E-state index contributed by atoms with van der Waals surface area (Å²) < 4.78 is 4.44. The molecule has 4 heteroatoms. The normalized spacial score (nSPS) is 22.2. The number of carbonyl (C=O) groups is 1. The van der Waals surface area contributed by atoms with Gasteiger partial charge in [0.2, 0.25) is 0 Å². The molecule has 1 fully saturated rings. The van der Waals surface area contributed by atoms with E-state index in [2.05, 4.69) is 15.4 Å². The van der Waals surface area contributed by atoms with Gasteiger partial charge in [-0.2, -0.15) is 0 Å². The van der Waals surface area contributed by atoms with Gasteiger partial charge in [-0.05, 0) is 25.8 Å². The van der Waals surface area contributed by atoms with Crippen molar-refractivity contribution in [3.8, 4) is 0 Å². The van der Waals surface area contributed by atoms with Gasteiger partial charge in [0.05, 0.1) is 7.11 Å². The molecule has 0 aliphatic carbocycles. The molecule has 1 aliphatic heterocycles. The van der Waals surface area contributed by atoms with Crippen LogP contribution in [0.2, 0.25) is 0 Å². The van der Waals surface area contributed by atoms with Gasteiger partial charge in [-0.3, -0.25) is 0 Å². The molecule has 1 heterocycles. The molecule has 0 saturated carbocycles. The predicted molar refractivity (Wildman–Crippen MR) is 46.0 cm³/mol. The maximum absolute atomic E-state index is 10.6. The Labute approximate surface area is 72.7 Å². The van der Waals surface area contributed by atoms with E-state index in [1.54, 1.807) is 0 Å². The van der Waals surface area contributed by atoms with Gasteiger partial charge in [0, 0.05) is 12.6 Å². The van der Waals surface area contributed by atoms with E-state index in [0.29, 0.717) is 12.6 Å². The highest BCUT2D eigenvalue weighted by atomic mass is 16.5. The van der Waals surface area contributed by atoms with Crippen LogP contribution in [0.3, 0.4) is 0 Å². The Hall–Kier alpha value is -0.770. The molecule has 1 amide bonds. The van der Waals surface area contributed by atoms with E-state index in [-0.39, 0.29) is 6.09 Å². The van der Waals surface area contributed by atoms with Crippen molar-refractivity contribution in [2.45, 2.75) is 25.3 Å². The molecule has 1 aliphatic rings. The molecular weight excluding hydrogens is 156 g/mol. The van der Waals surface area contributed by atoms with Gasteiger partial charge in [-0.1, -0.05) is 0 Å². The summed E-state index contributed by atoms with van der Waals surface area (Å²) in [7, 11) is 1.38. The highest BCUT2D eigenvalue weighted by Gasteiger charge is 2.13. The summed E-state index contributed by atoms with van der Waals surface area (Å²) in [6.45, 7) is 1.81. The standard InChI is InChI=1S/C8H16N2O2/c1-12-8(11)10-6-4-7-3-2-5-9-7/h7,9H,2-6H2,1H3,(H,10,11)/t7-/m0/s1. The van der Waals surface area contributed by atoms with Gasteiger partial charge in [0.15, 0.2) is 0 Å². The van der Waals surface area contributed by atoms with Crippen molar-refractivity contribution in [1.82, 2.24) is 10.6 Å². The van der Waals surface area contributed by atoms with Crippen LogP contribution in [0.5, 0.6) is 0 Å². The third kappa shape index (κ3) is 3.09. The van der Waals surface area contributed by atoms with Crippen molar-refractivity contribution >= 4 is 6.09 Å². The molecule has 0 radical (unpaired) electrons. The topological polar surface area (TPSA) is 50.4 Å². The van der Waals surface area contributed by atoms with Crippen LogP contribution in [0.4, 0.5) is 4.79 Å². The van der Waals surface area contributed by atoms with Gasteiger partial charge >= 0.3 is 6.09 Å². The van der Waals surface area contributed by atoms with Crippen LogP contribution in [0.15, 0.2) is 0 Å². The molecule has 4 nitrogen and oxygen atoms in total. The molecule has 0 spiro atoms. The fraction of sp³-hybridized carbons (Fsp3) is 0.875. The molecule has 0 aromatic rings. The minimum Gasteiger partial charge on any atom is -0.453 e. The van der Waals surface area contributed by atoms with E-state index >= 15 is 0 Å². The third-order valence-corrected chi connectivity index (χ3v) is 2.11. The van der Waals surface area contributed by atoms with Crippen LogP contribution in [0.25, 0.3) is 0 Å². The Morgan fingerprint density at radius 1 is 1.75 bits per heavy atom. The van der Waals surface area contributed by atoms with Crippen molar-refractivity contribution in [3.63, 3.8) is 0 Å². The zero-order chi connectivity index (χ0) is 8.81. The van der Waals surface area contributed by atoms with Crippen molar-refractivity contribution in [2.24, 2.45) is 0 Å². The van der Waals surface area contributed by atoms with E-state index in [0.717, 1.165) is 13.0 Å². The summed E-state index contributed by atoms with van der Waals surface area (Å²) in [5.41, 5.74) is 0.